The third-order valence-electron chi connectivity index (χ3n) is 3.80. The molecule has 0 atom stereocenters. The van der Waals surface area contributed by atoms with Crippen molar-refractivity contribution in [2.75, 3.05) is 37.0 Å². The molecule has 2 rings (SSSR count). The van der Waals surface area contributed by atoms with Crippen LogP contribution in [-0.4, -0.2) is 32.3 Å². The molecule has 1 aliphatic carbocycles. The van der Waals surface area contributed by atoms with Gasteiger partial charge >= 0.3 is 0 Å². The maximum Gasteiger partial charge on any atom is 0.263 e. The SMILES string of the molecule is C=CCNC(=O)c1sc(N(C)CC2CCC2)c(SC)c1N. The minimum atomic E-state index is -0.115. The first-order chi connectivity index (χ1) is 10.1. The van der Waals surface area contributed by atoms with Crippen molar-refractivity contribution in [3.05, 3.63) is 17.5 Å². The Morgan fingerprint density at radius 1 is 1.62 bits per heavy atom. The van der Waals surface area contributed by atoms with Crippen LogP contribution < -0.4 is 16.0 Å². The molecule has 1 heterocycles. The van der Waals surface area contributed by atoms with Crippen LogP contribution in [0.25, 0.3) is 0 Å². The Morgan fingerprint density at radius 3 is 2.86 bits per heavy atom. The van der Waals surface area contributed by atoms with Gasteiger partial charge in [0, 0.05) is 20.1 Å². The standard InChI is InChI=1S/C15H23N3OS2/c1-4-8-17-14(19)12-11(16)13(20-3)15(21-12)18(2)9-10-6-5-7-10/h4,10H,1,5-9,16H2,2-3H3,(H,17,19). The lowest BCUT2D eigenvalue weighted by Crippen LogP contribution is -2.29. The van der Waals surface area contributed by atoms with E-state index in [0.717, 1.165) is 22.4 Å². The molecule has 1 fully saturated rings. The highest BCUT2D eigenvalue weighted by molar-refractivity contribution is 7.99. The number of carbonyl (C=O) groups excluding carboxylic acids is 1. The van der Waals surface area contributed by atoms with Crippen LogP contribution in [0.5, 0.6) is 0 Å². The first-order valence-corrected chi connectivity index (χ1v) is 9.19. The summed E-state index contributed by atoms with van der Waals surface area (Å²) in [5.41, 5.74) is 6.78. The summed E-state index contributed by atoms with van der Waals surface area (Å²) in [5.74, 6) is 0.669. The van der Waals surface area contributed by atoms with Crippen LogP contribution in [0.2, 0.25) is 0 Å². The van der Waals surface area contributed by atoms with Crippen LogP contribution in [0.1, 0.15) is 28.9 Å². The first-order valence-electron chi connectivity index (χ1n) is 7.15. The summed E-state index contributed by atoms with van der Waals surface area (Å²) >= 11 is 3.10. The van der Waals surface area contributed by atoms with Crippen molar-refractivity contribution in [1.82, 2.24) is 5.32 Å². The maximum atomic E-state index is 12.2. The second-order valence-corrected chi connectivity index (χ2v) is 7.17. The van der Waals surface area contributed by atoms with Crippen molar-refractivity contribution < 1.29 is 4.79 Å². The van der Waals surface area contributed by atoms with Gasteiger partial charge in [-0.3, -0.25) is 4.79 Å². The van der Waals surface area contributed by atoms with E-state index in [1.165, 1.54) is 30.6 Å². The largest absolute Gasteiger partial charge is 0.396 e. The summed E-state index contributed by atoms with van der Waals surface area (Å²) in [7, 11) is 2.09. The number of nitrogen functional groups attached to an aromatic ring is 1. The first kappa shape index (κ1) is 16.2. The van der Waals surface area contributed by atoms with E-state index < -0.39 is 0 Å². The molecule has 116 valence electrons. The molecule has 21 heavy (non-hydrogen) atoms. The van der Waals surface area contributed by atoms with Gasteiger partial charge in [0.15, 0.2) is 0 Å². The number of hydrogen-bond acceptors (Lipinski definition) is 5. The number of carbonyl (C=O) groups is 1. The number of hydrogen-bond donors (Lipinski definition) is 2. The number of nitrogens with two attached hydrogens (primary N) is 1. The zero-order chi connectivity index (χ0) is 15.4. The molecule has 0 spiro atoms. The monoisotopic (exact) mass is 325 g/mol. The van der Waals surface area contributed by atoms with Gasteiger partial charge in [0.25, 0.3) is 5.91 Å². The predicted octanol–water partition coefficient (Wildman–Crippen LogP) is 3.20. The highest BCUT2D eigenvalue weighted by Gasteiger charge is 2.25. The number of nitrogens with one attached hydrogen (secondary N) is 1. The molecule has 3 N–H and O–H groups in total. The average Bonchev–Trinajstić information content (AvgIpc) is 2.77. The van der Waals surface area contributed by atoms with Gasteiger partial charge in [-0.15, -0.1) is 29.7 Å². The molecule has 1 amide bonds. The van der Waals surface area contributed by atoms with Crippen LogP contribution >= 0.6 is 23.1 Å². The molecule has 0 saturated heterocycles. The molecule has 0 radical (unpaired) electrons. The lowest BCUT2D eigenvalue weighted by molar-refractivity contribution is 0.0963. The average molecular weight is 326 g/mol. The number of anilines is 2. The van der Waals surface area contributed by atoms with Crippen molar-refractivity contribution in [3.63, 3.8) is 0 Å². The summed E-state index contributed by atoms with van der Waals surface area (Å²) < 4.78 is 0. The summed E-state index contributed by atoms with van der Waals surface area (Å²) in [5, 5.41) is 3.91. The van der Waals surface area contributed by atoms with Crippen LogP contribution in [0.4, 0.5) is 10.7 Å². The van der Waals surface area contributed by atoms with Gasteiger partial charge in [-0.2, -0.15) is 0 Å². The van der Waals surface area contributed by atoms with Crippen molar-refractivity contribution in [3.8, 4) is 0 Å². The highest BCUT2D eigenvalue weighted by atomic mass is 32.2. The maximum absolute atomic E-state index is 12.2. The summed E-state index contributed by atoms with van der Waals surface area (Å²) in [6, 6.07) is 0. The van der Waals surface area contributed by atoms with Gasteiger partial charge in [0.05, 0.1) is 10.6 Å². The quantitative estimate of drug-likeness (QED) is 0.597. The Hall–Kier alpha value is -1.14. The molecule has 1 saturated carbocycles. The Balaban J connectivity index is 2.19. The zero-order valence-electron chi connectivity index (χ0n) is 12.6. The molecule has 0 aromatic carbocycles. The fraction of sp³-hybridized carbons (Fsp3) is 0.533. The Bertz CT molecular complexity index is 523. The number of amides is 1. The van der Waals surface area contributed by atoms with E-state index in [2.05, 4.69) is 23.8 Å². The van der Waals surface area contributed by atoms with E-state index in [-0.39, 0.29) is 5.91 Å². The van der Waals surface area contributed by atoms with Gasteiger partial charge in [0.2, 0.25) is 0 Å². The number of nitrogens with zero attached hydrogens (tertiary/aromatic N) is 1. The van der Waals surface area contributed by atoms with Crippen molar-refractivity contribution in [1.29, 1.82) is 0 Å². The summed E-state index contributed by atoms with van der Waals surface area (Å²) in [6.45, 7) is 5.11. The lowest BCUT2D eigenvalue weighted by Gasteiger charge is -2.31. The Kier molecular flexibility index (Phi) is 5.58. The van der Waals surface area contributed by atoms with Gasteiger partial charge in [-0.1, -0.05) is 12.5 Å². The number of rotatable bonds is 7. The third-order valence-corrected chi connectivity index (χ3v) is 6.07. The summed E-state index contributed by atoms with van der Waals surface area (Å²) in [4.78, 5) is 16.0. The van der Waals surface area contributed by atoms with E-state index in [4.69, 9.17) is 5.73 Å². The molecule has 6 heteroatoms. The van der Waals surface area contributed by atoms with Gasteiger partial charge in [-0.25, -0.2) is 0 Å². The summed E-state index contributed by atoms with van der Waals surface area (Å²) in [6.07, 6.45) is 7.64. The van der Waals surface area contributed by atoms with Gasteiger partial charge < -0.3 is 16.0 Å². The molecule has 0 unspecified atom stereocenters. The second-order valence-electron chi connectivity index (χ2n) is 5.36. The molecular weight excluding hydrogens is 302 g/mol. The fourth-order valence-corrected chi connectivity index (χ4v) is 4.52. The van der Waals surface area contributed by atoms with E-state index in [0.29, 0.717) is 17.1 Å². The minimum absolute atomic E-state index is 0.115. The van der Waals surface area contributed by atoms with Crippen molar-refractivity contribution in [2.45, 2.75) is 24.2 Å². The third kappa shape index (κ3) is 3.55. The van der Waals surface area contributed by atoms with E-state index >= 15 is 0 Å². The van der Waals surface area contributed by atoms with E-state index in [9.17, 15) is 4.79 Å². The second kappa shape index (κ2) is 7.22. The minimum Gasteiger partial charge on any atom is -0.396 e. The van der Waals surface area contributed by atoms with Gasteiger partial charge in [-0.05, 0) is 25.0 Å². The van der Waals surface area contributed by atoms with Crippen molar-refractivity contribution >= 4 is 39.7 Å². The molecule has 0 aliphatic heterocycles. The smallest absolute Gasteiger partial charge is 0.263 e. The molecule has 1 aliphatic rings. The van der Waals surface area contributed by atoms with Gasteiger partial charge in [0.1, 0.15) is 9.88 Å². The van der Waals surface area contributed by atoms with Crippen molar-refractivity contribution in [2.24, 2.45) is 5.92 Å². The zero-order valence-corrected chi connectivity index (χ0v) is 14.3. The van der Waals surface area contributed by atoms with Crippen LogP contribution in [0.3, 0.4) is 0 Å². The molecule has 1 aromatic heterocycles. The molecule has 1 aromatic rings. The Labute approximate surface area is 134 Å². The normalized spacial score (nSPS) is 14.6. The molecule has 0 bridgehead atoms. The van der Waals surface area contributed by atoms with Crippen LogP contribution in [0.15, 0.2) is 17.6 Å². The fourth-order valence-electron chi connectivity index (χ4n) is 2.42. The number of thiophene rings is 1. The van der Waals surface area contributed by atoms with Crippen LogP contribution in [-0.2, 0) is 0 Å². The van der Waals surface area contributed by atoms with E-state index in [1.54, 1.807) is 17.8 Å². The lowest BCUT2D eigenvalue weighted by atomic mass is 9.85. The number of thioether (sulfide) groups is 1. The molecular formula is C15H23N3OS2. The topological polar surface area (TPSA) is 58.4 Å². The van der Waals surface area contributed by atoms with Crippen LogP contribution in [0, 0.1) is 5.92 Å². The molecule has 4 nitrogen and oxygen atoms in total. The Morgan fingerprint density at radius 2 is 2.33 bits per heavy atom. The highest BCUT2D eigenvalue weighted by Crippen LogP contribution is 2.44. The van der Waals surface area contributed by atoms with E-state index in [1.807, 2.05) is 6.26 Å². The predicted molar refractivity (Wildman–Crippen MR) is 93.7 cm³/mol.